The van der Waals surface area contributed by atoms with Crippen LogP contribution in [-0.2, 0) is 0 Å². The molecule has 0 radical (unpaired) electrons. The van der Waals surface area contributed by atoms with Crippen molar-refractivity contribution in [1.82, 2.24) is 4.98 Å². The van der Waals surface area contributed by atoms with Crippen LogP contribution in [0.25, 0.3) is 11.1 Å². The highest BCUT2D eigenvalue weighted by Crippen LogP contribution is 2.32. The van der Waals surface area contributed by atoms with Crippen LogP contribution in [-0.4, -0.2) is 4.98 Å². The molecule has 0 bridgehead atoms. The molecule has 0 aliphatic rings. The van der Waals surface area contributed by atoms with Gasteiger partial charge in [-0.1, -0.05) is 90.5 Å². The Labute approximate surface area is 160 Å². The summed E-state index contributed by atoms with van der Waals surface area (Å²) >= 11 is 0. The minimum atomic E-state index is 0.0310. The molecule has 0 spiro atoms. The van der Waals surface area contributed by atoms with Crippen molar-refractivity contribution in [3.05, 3.63) is 120 Å². The average Bonchev–Trinajstić information content (AvgIpc) is 2.73. The lowest BCUT2D eigenvalue weighted by Crippen LogP contribution is -2.14. The molecule has 1 unspecified atom stereocenters. The van der Waals surface area contributed by atoms with Crippen molar-refractivity contribution in [2.75, 3.05) is 5.32 Å². The molecular weight excluding hydrogens is 328 g/mol. The first kappa shape index (κ1) is 17.0. The van der Waals surface area contributed by atoms with Crippen molar-refractivity contribution in [2.24, 2.45) is 0 Å². The fourth-order valence-electron chi connectivity index (χ4n) is 3.36. The molecule has 0 saturated heterocycles. The van der Waals surface area contributed by atoms with Gasteiger partial charge in [0, 0.05) is 11.8 Å². The summed E-state index contributed by atoms with van der Waals surface area (Å²) in [5.74, 6) is 0.888. The molecule has 1 aromatic heterocycles. The van der Waals surface area contributed by atoms with Gasteiger partial charge < -0.3 is 5.32 Å². The molecular formula is C25H22N2. The third-order valence-corrected chi connectivity index (χ3v) is 4.68. The average molecular weight is 350 g/mol. The number of nitrogens with zero attached hydrogens (tertiary/aromatic N) is 1. The van der Waals surface area contributed by atoms with Gasteiger partial charge in [-0.2, -0.15) is 0 Å². The largest absolute Gasteiger partial charge is 0.359 e. The van der Waals surface area contributed by atoms with Crippen LogP contribution < -0.4 is 5.32 Å². The van der Waals surface area contributed by atoms with Gasteiger partial charge in [-0.3, -0.25) is 0 Å². The van der Waals surface area contributed by atoms with Gasteiger partial charge in [0.05, 0.1) is 6.04 Å². The van der Waals surface area contributed by atoms with Gasteiger partial charge in [0.2, 0.25) is 0 Å². The van der Waals surface area contributed by atoms with Gasteiger partial charge in [-0.25, -0.2) is 4.98 Å². The van der Waals surface area contributed by atoms with Crippen LogP contribution in [0, 0.1) is 6.92 Å². The first-order chi connectivity index (χ1) is 13.3. The maximum Gasteiger partial charge on any atom is 0.134 e. The van der Waals surface area contributed by atoms with Crippen LogP contribution in [0.5, 0.6) is 0 Å². The van der Waals surface area contributed by atoms with E-state index in [2.05, 4.69) is 96.1 Å². The SMILES string of the molecule is Cc1cccc(C(Nc2ncccc2-c2ccccc2)c2ccccc2)c1. The monoisotopic (exact) mass is 350 g/mol. The predicted molar refractivity (Wildman–Crippen MR) is 113 cm³/mol. The third-order valence-electron chi connectivity index (χ3n) is 4.68. The molecule has 1 heterocycles. The van der Waals surface area contributed by atoms with Crippen LogP contribution in [0.4, 0.5) is 5.82 Å². The first-order valence-corrected chi connectivity index (χ1v) is 9.20. The topological polar surface area (TPSA) is 24.9 Å². The van der Waals surface area contributed by atoms with Gasteiger partial charge in [-0.15, -0.1) is 0 Å². The normalized spacial score (nSPS) is 11.7. The Bertz CT molecular complexity index is 1010. The summed E-state index contributed by atoms with van der Waals surface area (Å²) in [5.41, 5.74) is 5.95. The molecule has 0 fully saturated rings. The number of rotatable bonds is 5. The summed E-state index contributed by atoms with van der Waals surface area (Å²) in [5, 5.41) is 3.69. The van der Waals surface area contributed by atoms with Crippen molar-refractivity contribution in [3.63, 3.8) is 0 Å². The zero-order valence-electron chi connectivity index (χ0n) is 15.3. The Kier molecular flexibility index (Phi) is 4.97. The first-order valence-electron chi connectivity index (χ1n) is 9.20. The molecule has 1 N–H and O–H groups in total. The van der Waals surface area contributed by atoms with E-state index in [1.54, 1.807) is 0 Å². The summed E-state index contributed by atoms with van der Waals surface area (Å²) in [7, 11) is 0. The van der Waals surface area contributed by atoms with E-state index < -0.39 is 0 Å². The molecule has 1 atom stereocenters. The quantitative estimate of drug-likeness (QED) is 0.459. The number of anilines is 1. The molecule has 0 saturated carbocycles. The molecule has 2 heteroatoms. The van der Waals surface area contributed by atoms with E-state index in [0.717, 1.165) is 16.9 Å². The summed E-state index contributed by atoms with van der Waals surface area (Å²) in [6.07, 6.45) is 1.84. The number of hydrogen-bond donors (Lipinski definition) is 1. The zero-order valence-corrected chi connectivity index (χ0v) is 15.3. The molecule has 4 aromatic rings. The van der Waals surface area contributed by atoms with Crippen LogP contribution in [0.2, 0.25) is 0 Å². The Hall–Kier alpha value is -3.39. The highest BCUT2D eigenvalue weighted by Gasteiger charge is 2.17. The van der Waals surface area contributed by atoms with E-state index in [9.17, 15) is 0 Å². The third kappa shape index (κ3) is 3.90. The lowest BCUT2D eigenvalue weighted by molar-refractivity contribution is 0.925. The van der Waals surface area contributed by atoms with E-state index >= 15 is 0 Å². The second-order valence-electron chi connectivity index (χ2n) is 6.67. The molecule has 2 nitrogen and oxygen atoms in total. The second-order valence-corrected chi connectivity index (χ2v) is 6.67. The Balaban J connectivity index is 1.78. The van der Waals surface area contributed by atoms with E-state index in [0.29, 0.717) is 0 Å². The number of benzene rings is 3. The Morgan fingerprint density at radius 1 is 0.704 bits per heavy atom. The fourth-order valence-corrected chi connectivity index (χ4v) is 3.36. The zero-order chi connectivity index (χ0) is 18.5. The van der Waals surface area contributed by atoms with E-state index in [4.69, 9.17) is 0 Å². The van der Waals surface area contributed by atoms with E-state index in [-0.39, 0.29) is 6.04 Å². The number of aromatic nitrogens is 1. The summed E-state index contributed by atoms with van der Waals surface area (Å²) in [6.45, 7) is 2.13. The fraction of sp³-hybridized carbons (Fsp3) is 0.0800. The van der Waals surface area contributed by atoms with Gasteiger partial charge >= 0.3 is 0 Å². The predicted octanol–water partition coefficient (Wildman–Crippen LogP) is 6.26. The van der Waals surface area contributed by atoms with Crippen molar-refractivity contribution in [1.29, 1.82) is 0 Å². The number of nitrogens with one attached hydrogen (secondary N) is 1. The van der Waals surface area contributed by atoms with Crippen molar-refractivity contribution in [2.45, 2.75) is 13.0 Å². The second kappa shape index (κ2) is 7.88. The smallest absolute Gasteiger partial charge is 0.134 e. The van der Waals surface area contributed by atoms with Gasteiger partial charge in [0.15, 0.2) is 0 Å². The van der Waals surface area contributed by atoms with Gasteiger partial charge in [-0.05, 0) is 35.7 Å². The lowest BCUT2D eigenvalue weighted by atomic mass is 9.96. The summed E-state index contributed by atoms with van der Waals surface area (Å²) in [6, 6.07) is 33.7. The van der Waals surface area contributed by atoms with Gasteiger partial charge in [0.25, 0.3) is 0 Å². The van der Waals surface area contributed by atoms with Crippen molar-refractivity contribution < 1.29 is 0 Å². The Morgan fingerprint density at radius 3 is 2.15 bits per heavy atom. The standard InChI is InChI=1S/C25H22N2/c1-19-10-8-15-22(18-19)24(21-13-6-3-7-14-21)27-25-23(16-9-17-26-25)20-11-4-2-5-12-20/h2-18,24H,1H3,(H,26,27). The molecule has 27 heavy (non-hydrogen) atoms. The van der Waals surface area contributed by atoms with Crippen LogP contribution in [0.3, 0.4) is 0 Å². The van der Waals surface area contributed by atoms with Crippen molar-refractivity contribution >= 4 is 5.82 Å². The van der Waals surface area contributed by atoms with Gasteiger partial charge in [0.1, 0.15) is 5.82 Å². The minimum absolute atomic E-state index is 0.0310. The molecule has 4 rings (SSSR count). The molecule has 3 aromatic carbocycles. The highest BCUT2D eigenvalue weighted by molar-refractivity contribution is 5.75. The van der Waals surface area contributed by atoms with Crippen molar-refractivity contribution in [3.8, 4) is 11.1 Å². The maximum absolute atomic E-state index is 4.66. The summed E-state index contributed by atoms with van der Waals surface area (Å²) in [4.78, 5) is 4.66. The van der Waals surface area contributed by atoms with E-state index in [1.807, 2.05) is 24.4 Å². The van der Waals surface area contributed by atoms with E-state index in [1.165, 1.54) is 16.7 Å². The van der Waals surface area contributed by atoms with Crippen LogP contribution in [0.1, 0.15) is 22.7 Å². The lowest BCUT2D eigenvalue weighted by Gasteiger charge is -2.22. The maximum atomic E-state index is 4.66. The van der Waals surface area contributed by atoms with Crippen LogP contribution in [0.15, 0.2) is 103 Å². The highest BCUT2D eigenvalue weighted by atomic mass is 15.0. The Morgan fingerprint density at radius 2 is 1.41 bits per heavy atom. The number of pyridine rings is 1. The molecule has 0 aliphatic heterocycles. The number of aryl methyl sites for hydroxylation is 1. The molecule has 0 amide bonds. The minimum Gasteiger partial charge on any atom is -0.359 e. The summed E-state index contributed by atoms with van der Waals surface area (Å²) < 4.78 is 0. The number of hydrogen-bond acceptors (Lipinski definition) is 2. The molecule has 132 valence electrons. The molecule has 0 aliphatic carbocycles. The van der Waals surface area contributed by atoms with Crippen LogP contribution >= 0.6 is 0 Å².